The molecule has 1 N–H and O–H groups in total. The second-order valence-electron chi connectivity index (χ2n) is 3.22. The first-order chi connectivity index (χ1) is 7.58. The van der Waals surface area contributed by atoms with Crippen LogP contribution >= 0.6 is 35.0 Å². The number of halogens is 2. The van der Waals surface area contributed by atoms with E-state index in [1.54, 1.807) is 18.2 Å². The van der Waals surface area contributed by atoms with Crippen molar-refractivity contribution in [1.82, 2.24) is 0 Å². The zero-order valence-corrected chi connectivity index (χ0v) is 10.3. The van der Waals surface area contributed by atoms with Crippen molar-refractivity contribution in [1.29, 1.82) is 0 Å². The molecule has 1 atom stereocenters. The number of nitrogens with zero attached hydrogens (tertiary/aromatic N) is 1. The maximum Gasteiger partial charge on any atom is 0.329 e. The molecule has 3 nitrogen and oxygen atoms in total. The van der Waals surface area contributed by atoms with Crippen LogP contribution in [-0.2, 0) is 4.79 Å². The standard InChI is InChI=1S/C10H7Cl2NO2S/c11-5-1-2-7(12)6(3-5)9-13-8(4-16-9)10(14)15/h1-3,8H,4H2,(H,14,15). The van der Waals surface area contributed by atoms with Crippen LogP contribution in [0.2, 0.25) is 10.0 Å². The average molecular weight is 276 g/mol. The van der Waals surface area contributed by atoms with Crippen molar-refractivity contribution >= 4 is 46.0 Å². The number of benzene rings is 1. The van der Waals surface area contributed by atoms with Gasteiger partial charge in [0, 0.05) is 16.3 Å². The molecule has 6 heteroatoms. The summed E-state index contributed by atoms with van der Waals surface area (Å²) < 4.78 is 0. The topological polar surface area (TPSA) is 49.7 Å². The van der Waals surface area contributed by atoms with Gasteiger partial charge in [-0.25, -0.2) is 4.79 Å². The van der Waals surface area contributed by atoms with Gasteiger partial charge in [-0.1, -0.05) is 23.2 Å². The number of hydrogen-bond acceptors (Lipinski definition) is 3. The van der Waals surface area contributed by atoms with E-state index in [0.717, 1.165) is 0 Å². The second kappa shape index (κ2) is 4.65. The molecule has 16 heavy (non-hydrogen) atoms. The number of carboxylic acid groups (broad SMARTS) is 1. The van der Waals surface area contributed by atoms with E-state index in [4.69, 9.17) is 28.3 Å². The van der Waals surface area contributed by atoms with Crippen molar-refractivity contribution < 1.29 is 9.90 Å². The van der Waals surface area contributed by atoms with Crippen molar-refractivity contribution in [2.45, 2.75) is 6.04 Å². The highest BCUT2D eigenvalue weighted by Crippen LogP contribution is 2.29. The van der Waals surface area contributed by atoms with Crippen LogP contribution in [-0.4, -0.2) is 27.9 Å². The van der Waals surface area contributed by atoms with Crippen molar-refractivity contribution in [3.8, 4) is 0 Å². The highest BCUT2D eigenvalue weighted by molar-refractivity contribution is 8.14. The summed E-state index contributed by atoms with van der Waals surface area (Å²) in [6.07, 6.45) is 0. The predicted octanol–water partition coefficient (Wildman–Crippen LogP) is 2.94. The molecular weight excluding hydrogens is 269 g/mol. The summed E-state index contributed by atoms with van der Waals surface area (Å²) in [5, 5.41) is 10.5. The Morgan fingerprint density at radius 2 is 2.25 bits per heavy atom. The number of carboxylic acids is 1. The normalized spacial score (nSPS) is 19.6. The van der Waals surface area contributed by atoms with E-state index in [2.05, 4.69) is 4.99 Å². The van der Waals surface area contributed by atoms with Crippen LogP contribution in [0.25, 0.3) is 0 Å². The highest BCUT2D eigenvalue weighted by atomic mass is 35.5. The Hall–Kier alpha value is -0.710. The minimum absolute atomic E-state index is 0.438. The maximum absolute atomic E-state index is 10.8. The number of aliphatic imine (C=N–C) groups is 1. The fraction of sp³-hybridized carbons (Fsp3) is 0.200. The van der Waals surface area contributed by atoms with Crippen LogP contribution in [0.3, 0.4) is 0 Å². The van der Waals surface area contributed by atoms with Gasteiger partial charge in [0.05, 0.1) is 5.02 Å². The monoisotopic (exact) mass is 275 g/mol. The molecule has 0 radical (unpaired) electrons. The molecule has 0 aliphatic carbocycles. The lowest BCUT2D eigenvalue weighted by molar-refractivity contribution is -0.137. The Bertz CT molecular complexity index is 476. The van der Waals surface area contributed by atoms with E-state index in [-0.39, 0.29) is 0 Å². The third kappa shape index (κ3) is 2.34. The molecule has 0 saturated carbocycles. The van der Waals surface area contributed by atoms with Gasteiger partial charge in [0.15, 0.2) is 6.04 Å². The molecule has 0 aromatic heterocycles. The smallest absolute Gasteiger partial charge is 0.329 e. The lowest BCUT2D eigenvalue weighted by atomic mass is 10.2. The molecule has 0 amide bonds. The molecule has 0 fully saturated rings. The molecule has 2 rings (SSSR count). The van der Waals surface area contributed by atoms with E-state index < -0.39 is 12.0 Å². The fourth-order valence-electron chi connectivity index (χ4n) is 1.31. The Morgan fingerprint density at radius 1 is 1.50 bits per heavy atom. The lowest BCUT2D eigenvalue weighted by Gasteiger charge is -2.02. The van der Waals surface area contributed by atoms with Gasteiger partial charge in [-0.15, -0.1) is 11.8 Å². The van der Waals surface area contributed by atoms with Crippen molar-refractivity contribution in [3.05, 3.63) is 33.8 Å². The summed E-state index contributed by atoms with van der Waals surface area (Å²) >= 11 is 13.2. The third-order valence-corrected chi connectivity index (χ3v) is 3.74. The summed E-state index contributed by atoms with van der Waals surface area (Å²) in [5.41, 5.74) is 0.697. The van der Waals surface area contributed by atoms with Gasteiger partial charge >= 0.3 is 5.97 Å². The van der Waals surface area contributed by atoms with Crippen LogP contribution in [0.5, 0.6) is 0 Å². The Balaban J connectivity index is 2.35. The van der Waals surface area contributed by atoms with Gasteiger partial charge in [-0.2, -0.15) is 0 Å². The number of rotatable bonds is 2. The molecule has 0 bridgehead atoms. The summed E-state index contributed by atoms with van der Waals surface area (Å²) in [6.45, 7) is 0. The van der Waals surface area contributed by atoms with E-state index in [1.165, 1.54) is 11.8 Å². The zero-order valence-electron chi connectivity index (χ0n) is 7.98. The van der Waals surface area contributed by atoms with Gasteiger partial charge in [0.2, 0.25) is 0 Å². The first-order valence-electron chi connectivity index (χ1n) is 4.47. The first-order valence-corrected chi connectivity index (χ1v) is 6.21. The zero-order chi connectivity index (χ0) is 11.7. The fourth-order valence-corrected chi connectivity index (χ4v) is 2.80. The molecule has 1 heterocycles. The van der Waals surface area contributed by atoms with E-state index in [9.17, 15) is 4.79 Å². The molecule has 1 aromatic carbocycles. The number of aliphatic carboxylic acids is 1. The molecule has 1 unspecified atom stereocenters. The summed E-state index contributed by atoms with van der Waals surface area (Å²) in [7, 11) is 0. The van der Waals surface area contributed by atoms with E-state index in [1.807, 2.05) is 0 Å². The summed E-state index contributed by atoms with van der Waals surface area (Å²) in [4.78, 5) is 14.8. The van der Waals surface area contributed by atoms with Crippen LogP contribution in [0.4, 0.5) is 0 Å². The average Bonchev–Trinajstić information content (AvgIpc) is 2.70. The highest BCUT2D eigenvalue weighted by Gasteiger charge is 2.26. The van der Waals surface area contributed by atoms with Crippen LogP contribution < -0.4 is 0 Å². The Morgan fingerprint density at radius 3 is 2.88 bits per heavy atom. The van der Waals surface area contributed by atoms with Crippen molar-refractivity contribution in [3.63, 3.8) is 0 Å². The summed E-state index contributed by atoms with van der Waals surface area (Å²) in [5.74, 6) is -0.478. The minimum Gasteiger partial charge on any atom is -0.480 e. The molecule has 1 aliphatic rings. The Kier molecular flexibility index (Phi) is 3.42. The van der Waals surface area contributed by atoms with Crippen LogP contribution in [0.1, 0.15) is 5.56 Å². The SMILES string of the molecule is O=C(O)C1CSC(c2cc(Cl)ccc2Cl)=N1. The van der Waals surface area contributed by atoms with Gasteiger partial charge in [-0.05, 0) is 18.2 Å². The van der Waals surface area contributed by atoms with E-state index >= 15 is 0 Å². The molecule has 0 spiro atoms. The number of hydrogen-bond donors (Lipinski definition) is 1. The maximum atomic E-state index is 10.8. The number of carbonyl (C=O) groups is 1. The van der Waals surface area contributed by atoms with E-state index in [0.29, 0.717) is 26.4 Å². The molecule has 1 aliphatic heterocycles. The molecular formula is C10H7Cl2NO2S. The largest absolute Gasteiger partial charge is 0.480 e. The van der Waals surface area contributed by atoms with Gasteiger partial charge < -0.3 is 5.11 Å². The summed E-state index contributed by atoms with van der Waals surface area (Å²) in [6, 6.07) is 4.37. The molecule has 0 saturated heterocycles. The predicted molar refractivity (Wildman–Crippen MR) is 66.9 cm³/mol. The Labute approximate surface area is 106 Å². The quantitative estimate of drug-likeness (QED) is 0.903. The lowest BCUT2D eigenvalue weighted by Crippen LogP contribution is -2.17. The third-order valence-electron chi connectivity index (χ3n) is 2.09. The number of thioether (sulfide) groups is 1. The first kappa shape index (κ1) is 11.8. The van der Waals surface area contributed by atoms with Crippen molar-refractivity contribution in [2.24, 2.45) is 4.99 Å². The van der Waals surface area contributed by atoms with Gasteiger partial charge in [0.25, 0.3) is 0 Å². The molecule has 84 valence electrons. The van der Waals surface area contributed by atoms with Gasteiger partial charge in [0.1, 0.15) is 5.04 Å². The van der Waals surface area contributed by atoms with Crippen LogP contribution in [0.15, 0.2) is 23.2 Å². The minimum atomic E-state index is -0.916. The van der Waals surface area contributed by atoms with Crippen LogP contribution in [0, 0.1) is 0 Å². The molecule has 1 aromatic rings. The van der Waals surface area contributed by atoms with Gasteiger partial charge in [-0.3, -0.25) is 4.99 Å². The second-order valence-corrected chi connectivity index (χ2v) is 5.08. The van der Waals surface area contributed by atoms with Crippen molar-refractivity contribution in [2.75, 3.05) is 5.75 Å².